The molecule has 1 amide bonds. The number of aromatic amines is 1. The second-order valence-corrected chi connectivity index (χ2v) is 5.88. The Hall–Kier alpha value is -1.87. The Bertz CT molecular complexity index is 748. The van der Waals surface area contributed by atoms with E-state index in [2.05, 4.69) is 30.7 Å². The number of carbonyl (C=O) groups excluding carboxylic acids is 1. The van der Waals surface area contributed by atoms with E-state index in [0.717, 1.165) is 43.1 Å². The first-order chi connectivity index (χ1) is 11.8. The standard InChI is InChI=1S/C16H20N6O2.2ClH/c23-16(14-11-10-17-5-3-12(11)20-21-14)19-13-2-1-4-18-15(13)22-6-8-24-9-7-22;;/h1-2,4,17H,3,5-10H2,(H,19,23)(H,20,21);2*1H. The Balaban J connectivity index is 0.00000121. The van der Waals surface area contributed by atoms with Crippen molar-refractivity contribution < 1.29 is 9.53 Å². The number of nitrogens with zero attached hydrogens (tertiary/aromatic N) is 3. The number of ether oxygens (including phenoxy) is 1. The van der Waals surface area contributed by atoms with Gasteiger partial charge in [0.25, 0.3) is 5.91 Å². The summed E-state index contributed by atoms with van der Waals surface area (Å²) < 4.78 is 5.39. The summed E-state index contributed by atoms with van der Waals surface area (Å²) >= 11 is 0. The van der Waals surface area contributed by atoms with Crippen LogP contribution in [0.2, 0.25) is 0 Å². The topological polar surface area (TPSA) is 95.2 Å². The fraction of sp³-hybridized carbons (Fsp3) is 0.438. The highest BCUT2D eigenvalue weighted by Gasteiger charge is 2.23. The number of hydrogen-bond acceptors (Lipinski definition) is 6. The third kappa shape index (κ3) is 4.09. The maximum Gasteiger partial charge on any atom is 0.276 e. The van der Waals surface area contributed by atoms with Gasteiger partial charge in [-0.15, -0.1) is 24.8 Å². The smallest absolute Gasteiger partial charge is 0.276 e. The first-order valence-electron chi connectivity index (χ1n) is 8.19. The lowest BCUT2D eigenvalue weighted by Gasteiger charge is -2.29. The van der Waals surface area contributed by atoms with Crippen molar-refractivity contribution in [3.63, 3.8) is 0 Å². The number of halogens is 2. The van der Waals surface area contributed by atoms with E-state index in [-0.39, 0.29) is 30.7 Å². The highest BCUT2D eigenvalue weighted by Crippen LogP contribution is 2.25. The summed E-state index contributed by atoms with van der Waals surface area (Å²) in [7, 11) is 0. The van der Waals surface area contributed by atoms with Crippen molar-refractivity contribution in [3.8, 4) is 0 Å². The number of fused-ring (bicyclic) bond motifs is 1. The van der Waals surface area contributed by atoms with E-state index < -0.39 is 0 Å². The first-order valence-corrected chi connectivity index (χ1v) is 8.19. The lowest BCUT2D eigenvalue weighted by atomic mass is 10.1. The minimum Gasteiger partial charge on any atom is -0.378 e. The maximum atomic E-state index is 12.7. The number of carbonyl (C=O) groups is 1. The number of anilines is 2. The van der Waals surface area contributed by atoms with Crippen LogP contribution in [-0.4, -0.2) is 53.9 Å². The molecule has 142 valence electrons. The molecule has 3 N–H and O–H groups in total. The zero-order chi connectivity index (χ0) is 16.4. The van der Waals surface area contributed by atoms with Gasteiger partial charge in [-0.3, -0.25) is 9.89 Å². The fourth-order valence-corrected chi connectivity index (χ4v) is 3.12. The number of nitrogens with one attached hydrogen (secondary N) is 3. The molecule has 0 spiro atoms. The molecule has 2 aliphatic heterocycles. The van der Waals surface area contributed by atoms with Crippen LogP contribution < -0.4 is 15.5 Å². The summed E-state index contributed by atoms with van der Waals surface area (Å²) in [4.78, 5) is 19.3. The second-order valence-electron chi connectivity index (χ2n) is 5.88. The van der Waals surface area contributed by atoms with Crippen molar-refractivity contribution in [1.29, 1.82) is 0 Å². The Morgan fingerprint density at radius 2 is 2.08 bits per heavy atom. The van der Waals surface area contributed by atoms with Crippen molar-refractivity contribution >= 4 is 42.2 Å². The van der Waals surface area contributed by atoms with Crippen molar-refractivity contribution in [2.24, 2.45) is 0 Å². The average molecular weight is 401 g/mol. The zero-order valence-electron chi connectivity index (χ0n) is 14.2. The maximum absolute atomic E-state index is 12.7. The monoisotopic (exact) mass is 400 g/mol. The van der Waals surface area contributed by atoms with Gasteiger partial charge in [0.05, 0.1) is 18.9 Å². The van der Waals surface area contributed by atoms with Gasteiger partial charge >= 0.3 is 0 Å². The highest BCUT2D eigenvalue weighted by atomic mass is 35.5. The molecule has 4 rings (SSSR count). The van der Waals surface area contributed by atoms with Crippen LogP contribution in [0.5, 0.6) is 0 Å². The summed E-state index contributed by atoms with van der Waals surface area (Å²) in [5, 5.41) is 13.4. The van der Waals surface area contributed by atoms with Crippen molar-refractivity contribution in [3.05, 3.63) is 35.3 Å². The molecule has 26 heavy (non-hydrogen) atoms. The number of aromatic nitrogens is 3. The minimum atomic E-state index is -0.210. The van der Waals surface area contributed by atoms with Gasteiger partial charge in [0.1, 0.15) is 0 Å². The zero-order valence-corrected chi connectivity index (χ0v) is 15.8. The fourth-order valence-electron chi connectivity index (χ4n) is 3.12. The Kier molecular flexibility index (Phi) is 7.22. The SMILES string of the molecule is Cl.Cl.O=C(Nc1cccnc1N1CCOCC1)c1n[nH]c2c1CNCC2. The molecule has 0 saturated carbocycles. The van der Waals surface area contributed by atoms with E-state index in [4.69, 9.17) is 4.74 Å². The summed E-state index contributed by atoms with van der Waals surface area (Å²) in [6.07, 6.45) is 2.60. The normalized spacial score (nSPS) is 16.1. The predicted molar refractivity (Wildman–Crippen MR) is 104 cm³/mol. The van der Waals surface area contributed by atoms with Crippen molar-refractivity contribution in [2.45, 2.75) is 13.0 Å². The van der Waals surface area contributed by atoms with Crippen molar-refractivity contribution in [2.75, 3.05) is 43.1 Å². The van der Waals surface area contributed by atoms with Gasteiger partial charge in [0.15, 0.2) is 11.5 Å². The quantitative estimate of drug-likeness (QED) is 0.720. The Morgan fingerprint density at radius 1 is 1.27 bits per heavy atom. The molecule has 1 saturated heterocycles. The second kappa shape index (κ2) is 9.18. The number of pyridine rings is 1. The van der Waals surface area contributed by atoms with Crippen LogP contribution in [0.3, 0.4) is 0 Å². The molecule has 4 heterocycles. The van der Waals surface area contributed by atoms with E-state index in [1.54, 1.807) is 6.20 Å². The van der Waals surface area contributed by atoms with Gasteiger partial charge in [-0.1, -0.05) is 0 Å². The van der Waals surface area contributed by atoms with Crippen LogP contribution in [0.4, 0.5) is 11.5 Å². The average Bonchev–Trinajstić information content (AvgIpc) is 3.07. The van der Waals surface area contributed by atoms with Crippen LogP contribution >= 0.6 is 24.8 Å². The van der Waals surface area contributed by atoms with Crippen molar-refractivity contribution in [1.82, 2.24) is 20.5 Å². The number of H-pyrrole nitrogens is 1. The van der Waals surface area contributed by atoms with E-state index in [1.165, 1.54) is 0 Å². The molecular weight excluding hydrogens is 379 g/mol. The molecule has 0 aliphatic carbocycles. The van der Waals surface area contributed by atoms with Gasteiger partial charge in [-0.05, 0) is 12.1 Å². The molecular formula is C16H22Cl2N6O2. The van der Waals surface area contributed by atoms with Gasteiger partial charge in [-0.25, -0.2) is 4.98 Å². The molecule has 2 aromatic heterocycles. The van der Waals surface area contributed by atoms with Crippen LogP contribution in [0.1, 0.15) is 21.7 Å². The lowest BCUT2D eigenvalue weighted by Crippen LogP contribution is -2.37. The summed E-state index contributed by atoms with van der Waals surface area (Å²) in [5.41, 5.74) is 3.15. The van der Waals surface area contributed by atoms with Crippen LogP contribution in [0.15, 0.2) is 18.3 Å². The van der Waals surface area contributed by atoms with Gasteiger partial charge < -0.3 is 20.3 Å². The molecule has 2 aromatic rings. The van der Waals surface area contributed by atoms with Gasteiger partial charge in [-0.2, -0.15) is 5.10 Å². The van der Waals surface area contributed by atoms with E-state index in [0.29, 0.717) is 31.1 Å². The number of hydrogen-bond donors (Lipinski definition) is 3. The number of morpholine rings is 1. The molecule has 8 nitrogen and oxygen atoms in total. The molecule has 0 bridgehead atoms. The van der Waals surface area contributed by atoms with Crippen LogP contribution in [-0.2, 0) is 17.7 Å². The number of rotatable bonds is 3. The number of amides is 1. The third-order valence-corrected chi connectivity index (χ3v) is 4.37. The molecule has 10 heteroatoms. The van der Waals surface area contributed by atoms with E-state index in [1.807, 2.05) is 12.1 Å². The van der Waals surface area contributed by atoms with E-state index in [9.17, 15) is 4.79 Å². The Morgan fingerprint density at radius 3 is 2.88 bits per heavy atom. The van der Waals surface area contributed by atoms with Gasteiger partial charge in [0.2, 0.25) is 0 Å². The molecule has 1 fully saturated rings. The third-order valence-electron chi connectivity index (χ3n) is 4.37. The van der Waals surface area contributed by atoms with E-state index >= 15 is 0 Å². The predicted octanol–water partition coefficient (Wildman–Crippen LogP) is 1.38. The summed E-state index contributed by atoms with van der Waals surface area (Å²) in [6, 6.07) is 3.69. The van der Waals surface area contributed by atoms with Gasteiger partial charge in [0, 0.05) is 50.1 Å². The lowest BCUT2D eigenvalue weighted by molar-refractivity contribution is 0.102. The molecule has 2 aliphatic rings. The minimum absolute atomic E-state index is 0. The van der Waals surface area contributed by atoms with Crippen LogP contribution in [0, 0.1) is 0 Å². The van der Waals surface area contributed by atoms with Crippen LogP contribution in [0.25, 0.3) is 0 Å². The molecule has 0 radical (unpaired) electrons. The molecule has 0 unspecified atom stereocenters. The molecule has 0 aromatic carbocycles. The largest absolute Gasteiger partial charge is 0.378 e. The first kappa shape index (κ1) is 20.4. The summed E-state index contributed by atoms with van der Waals surface area (Å²) in [5.74, 6) is 0.565. The highest BCUT2D eigenvalue weighted by molar-refractivity contribution is 6.05. The summed E-state index contributed by atoms with van der Waals surface area (Å²) in [6.45, 7) is 4.44. The molecule has 0 atom stereocenters. The Labute approximate surface area is 163 Å².